The van der Waals surface area contributed by atoms with Gasteiger partial charge in [-0.1, -0.05) is 34.1 Å². The first-order valence-electron chi connectivity index (χ1n) is 7.81. The summed E-state index contributed by atoms with van der Waals surface area (Å²) >= 11 is 3.18. The molecule has 0 aliphatic carbocycles. The Morgan fingerprint density at radius 3 is 2.60 bits per heavy atom. The minimum Gasteiger partial charge on any atom is -0.348 e. The van der Waals surface area contributed by atoms with E-state index in [1.807, 2.05) is 48.9 Å². The maximum Gasteiger partial charge on any atom is 0.254 e. The molecule has 128 valence electrons. The predicted octanol–water partition coefficient (Wildman–Crippen LogP) is 4.32. The summed E-state index contributed by atoms with van der Waals surface area (Å²) in [6.45, 7) is 4.14. The van der Waals surface area contributed by atoms with Crippen LogP contribution in [0.4, 0.5) is 4.39 Å². The Morgan fingerprint density at radius 1 is 1.20 bits per heavy atom. The summed E-state index contributed by atoms with van der Waals surface area (Å²) in [6, 6.07) is 14.2. The van der Waals surface area contributed by atoms with Gasteiger partial charge in [0.25, 0.3) is 5.91 Å². The van der Waals surface area contributed by atoms with E-state index >= 15 is 0 Å². The van der Waals surface area contributed by atoms with Gasteiger partial charge in [-0.25, -0.2) is 9.07 Å². The van der Waals surface area contributed by atoms with Crippen LogP contribution >= 0.6 is 15.9 Å². The molecule has 1 amide bonds. The van der Waals surface area contributed by atoms with Crippen LogP contribution in [0.3, 0.4) is 0 Å². The summed E-state index contributed by atoms with van der Waals surface area (Å²) in [5, 5.41) is 7.32. The van der Waals surface area contributed by atoms with Gasteiger partial charge in [0, 0.05) is 22.3 Å². The summed E-state index contributed by atoms with van der Waals surface area (Å²) < 4.78 is 16.3. The van der Waals surface area contributed by atoms with Gasteiger partial charge < -0.3 is 5.32 Å². The second-order valence-electron chi connectivity index (χ2n) is 5.70. The zero-order chi connectivity index (χ0) is 18.0. The molecular weight excluding hydrogens is 385 g/mol. The highest BCUT2D eigenvalue weighted by molar-refractivity contribution is 9.10. The quantitative estimate of drug-likeness (QED) is 0.707. The number of benzene rings is 2. The van der Waals surface area contributed by atoms with E-state index in [1.54, 1.807) is 6.07 Å². The van der Waals surface area contributed by atoms with Crippen LogP contribution < -0.4 is 5.32 Å². The van der Waals surface area contributed by atoms with Crippen LogP contribution in [0, 0.1) is 19.7 Å². The lowest BCUT2D eigenvalue weighted by molar-refractivity contribution is 0.0947. The number of carbonyl (C=O) groups is 1. The van der Waals surface area contributed by atoms with Crippen LogP contribution in [0.15, 0.2) is 53.0 Å². The lowest BCUT2D eigenvalue weighted by Gasteiger charge is -2.08. The standard InChI is InChI=1S/C19H17BrFN3O/c1-12-17(13(2)24(23-12)15-6-4-3-5-7-15)11-22-19(25)16-9-8-14(20)10-18(16)21/h3-10H,11H2,1-2H3,(H,22,25). The number of aryl methyl sites for hydroxylation is 1. The van der Waals surface area contributed by atoms with Crippen molar-refractivity contribution in [2.45, 2.75) is 20.4 Å². The van der Waals surface area contributed by atoms with E-state index in [1.165, 1.54) is 12.1 Å². The zero-order valence-electron chi connectivity index (χ0n) is 13.9. The molecule has 1 heterocycles. The molecule has 0 atom stereocenters. The van der Waals surface area contributed by atoms with Crippen molar-refractivity contribution in [2.24, 2.45) is 0 Å². The first kappa shape index (κ1) is 17.4. The molecule has 1 aromatic heterocycles. The van der Waals surface area contributed by atoms with Crippen molar-refractivity contribution in [3.8, 4) is 5.69 Å². The van der Waals surface area contributed by atoms with E-state index in [9.17, 15) is 9.18 Å². The van der Waals surface area contributed by atoms with Gasteiger partial charge >= 0.3 is 0 Å². The summed E-state index contributed by atoms with van der Waals surface area (Å²) in [6.07, 6.45) is 0. The van der Waals surface area contributed by atoms with Gasteiger partial charge in [-0.15, -0.1) is 0 Å². The van der Waals surface area contributed by atoms with Gasteiger partial charge in [0.1, 0.15) is 5.82 Å². The average molecular weight is 402 g/mol. The number of halogens is 2. The third-order valence-corrected chi connectivity index (χ3v) is 4.54. The largest absolute Gasteiger partial charge is 0.348 e. The van der Waals surface area contributed by atoms with Crippen LogP contribution in [0.25, 0.3) is 5.69 Å². The molecular formula is C19H17BrFN3O. The van der Waals surface area contributed by atoms with Crippen LogP contribution in [-0.4, -0.2) is 15.7 Å². The Hall–Kier alpha value is -2.47. The van der Waals surface area contributed by atoms with Crippen molar-refractivity contribution in [1.29, 1.82) is 0 Å². The molecule has 0 unspecified atom stereocenters. The third kappa shape index (κ3) is 3.64. The molecule has 0 radical (unpaired) electrons. The Kier molecular flexibility index (Phi) is 4.99. The number of nitrogens with one attached hydrogen (secondary N) is 1. The van der Waals surface area contributed by atoms with Crippen LogP contribution in [0.5, 0.6) is 0 Å². The van der Waals surface area contributed by atoms with E-state index in [0.29, 0.717) is 11.0 Å². The fraction of sp³-hybridized carbons (Fsp3) is 0.158. The normalized spacial score (nSPS) is 10.7. The smallest absolute Gasteiger partial charge is 0.254 e. The number of carbonyl (C=O) groups excluding carboxylic acids is 1. The Labute approximate surface area is 153 Å². The van der Waals surface area contributed by atoms with Gasteiger partial charge in [-0.05, 0) is 44.2 Å². The monoisotopic (exact) mass is 401 g/mol. The molecule has 0 aliphatic rings. The van der Waals surface area contributed by atoms with E-state index < -0.39 is 11.7 Å². The number of nitrogens with zero attached hydrogens (tertiary/aromatic N) is 2. The highest BCUT2D eigenvalue weighted by Crippen LogP contribution is 2.19. The molecule has 3 aromatic rings. The number of para-hydroxylation sites is 1. The average Bonchev–Trinajstić information content (AvgIpc) is 2.88. The Balaban J connectivity index is 1.80. The molecule has 3 rings (SSSR count). The molecule has 0 saturated carbocycles. The van der Waals surface area contributed by atoms with E-state index in [4.69, 9.17) is 0 Å². The Bertz CT molecular complexity index is 922. The van der Waals surface area contributed by atoms with Crippen molar-refractivity contribution in [1.82, 2.24) is 15.1 Å². The number of hydrogen-bond donors (Lipinski definition) is 1. The first-order valence-corrected chi connectivity index (χ1v) is 8.60. The summed E-state index contributed by atoms with van der Waals surface area (Å²) in [7, 11) is 0. The Morgan fingerprint density at radius 2 is 1.92 bits per heavy atom. The molecule has 0 aliphatic heterocycles. The van der Waals surface area contributed by atoms with Crippen molar-refractivity contribution in [2.75, 3.05) is 0 Å². The van der Waals surface area contributed by atoms with Crippen molar-refractivity contribution < 1.29 is 9.18 Å². The summed E-state index contributed by atoms with van der Waals surface area (Å²) in [4.78, 5) is 12.3. The van der Waals surface area contributed by atoms with Gasteiger partial charge in [0.15, 0.2) is 0 Å². The predicted molar refractivity (Wildman–Crippen MR) is 98.3 cm³/mol. The third-order valence-electron chi connectivity index (χ3n) is 4.04. The maximum atomic E-state index is 13.9. The minimum atomic E-state index is -0.555. The number of amides is 1. The molecule has 4 nitrogen and oxygen atoms in total. The second kappa shape index (κ2) is 7.19. The maximum absolute atomic E-state index is 13.9. The van der Waals surface area contributed by atoms with E-state index in [0.717, 1.165) is 22.6 Å². The zero-order valence-corrected chi connectivity index (χ0v) is 15.5. The lowest BCUT2D eigenvalue weighted by Crippen LogP contribution is -2.24. The molecule has 0 spiro atoms. The fourth-order valence-electron chi connectivity index (χ4n) is 2.69. The second-order valence-corrected chi connectivity index (χ2v) is 6.62. The fourth-order valence-corrected chi connectivity index (χ4v) is 3.02. The number of rotatable bonds is 4. The summed E-state index contributed by atoms with van der Waals surface area (Å²) in [5.41, 5.74) is 3.68. The SMILES string of the molecule is Cc1nn(-c2ccccc2)c(C)c1CNC(=O)c1ccc(Br)cc1F. The molecule has 6 heteroatoms. The molecule has 0 saturated heterocycles. The highest BCUT2D eigenvalue weighted by atomic mass is 79.9. The van der Waals surface area contributed by atoms with E-state index in [2.05, 4.69) is 26.3 Å². The van der Waals surface area contributed by atoms with Crippen LogP contribution in [-0.2, 0) is 6.54 Å². The molecule has 25 heavy (non-hydrogen) atoms. The minimum absolute atomic E-state index is 0.0222. The number of hydrogen-bond acceptors (Lipinski definition) is 2. The topological polar surface area (TPSA) is 46.9 Å². The van der Waals surface area contributed by atoms with Crippen LogP contribution in [0.1, 0.15) is 27.3 Å². The molecule has 0 bridgehead atoms. The molecule has 0 fully saturated rings. The van der Waals surface area contributed by atoms with Gasteiger partial charge in [0.05, 0.1) is 16.9 Å². The number of aromatic nitrogens is 2. The highest BCUT2D eigenvalue weighted by Gasteiger charge is 2.16. The first-order chi connectivity index (χ1) is 12.0. The lowest BCUT2D eigenvalue weighted by atomic mass is 10.1. The van der Waals surface area contributed by atoms with Crippen molar-refractivity contribution >= 4 is 21.8 Å². The van der Waals surface area contributed by atoms with Gasteiger partial charge in [-0.3, -0.25) is 4.79 Å². The van der Waals surface area contributed by atoms with Gasteiger partial charge in [0.2, 0.25) is 0 Å². The van der Waals surface area contributed by atoms with E-state index in [-0.39, 0.29) is 5.56 Å². The summed E-state index contributed by atoms with van der Waals surface area (Å²) in [5.74, 6) is -1.00. The van der Waals surface area contributed by atoms with Crippen molar-refractivity contribution in [3.63, 3.8) is 0 Å². The molecule has 1 N–H and O–H groups in total. The molecule has 2 aromatic carbocycles. The van der Waals surface area contributed by atoms with Crippen LogP contribution in [0.2, 0.25) is 0 Å². The van der Waals surface area contributed by atoms with Gasteiger partial charge in [-0.2, -0.15) is 5.10 Å². The van der Waals surface area contributed by atoms with Crippen molar-refractivity contribution in [3.05, 3.63) is 81.3 Å².